The Morgan fingerprint density at radius 1 is 1.11 bits per heavy atom. The molecule has 0 saturated carbocycles. The highest BCUT2D eigenvalue weighted by Gasteiger charge is 2.30. The number of fused-ring (bicyclic) bond motifs is 2. The van der Waals surface area contributed by atoms with Crippen molar-refractivity contribution in [3.8, 4) is 5.75 Å². The highest BCUT2D eigenvalue weighted by atomic mass is 35.5. The van der Waals surface area contributed by atoms with Crippen LogP contribution in [0.1, 0.15) is 30.1 Å². The lowest BCUT2D eigenvalue weighted by Gasteiger charge is -2.40. The molecule has 0 spiro atoms. The summed E-state index contributed by atoms with van der Waals surface area (Å²) in [5, 5.41) is 0.388. The van der Waals surface area contributed by atoms with E-state index in [2.05, 4.69) is 22.0 Å². The monoisotopic (exact) mass is 488 g/mol. The maximum absolute atomic E-state index is 13.0. The van der Waals surface area contributed by atoms with Gasteiger partial charge < -0.3 is 14.1 Å². The van der Waals surface area contributed by atoms with Crippen LogP contribution in [0.5, 0.6) is 5.75 Å². The van der Waals surface area contributed by atoms with E-state index in [1.807, 2.05) is 25.1 Å². The summed E-state index contributed by atoms with van der Waals surface area (Å²) in [6.07, 6.45) is 1.02. The van der Waals surface area contributed by atoms with E-state index in [9.17, 15) is 9.59 Å². The highest BCUT2D eigenvalue weighted by Crippen LogP contribution is 2.33. The molecule has 0 bridgehead atoms. The van der Waals surface area contributed by atoms with Gasteiger partial charge in [0, 0.05) is 36.8 Å². The molecule has 0 aliphatic carbocycles. The number of H-pyrrole nitrogens is 1. The topological polar surface area (TPSA) is 92.8 Å². The number of aromatic amines is 1. The molecule has 3 aromatic heterocycles. The van der Waals surface area contributed by atoms with Crippen molar-refractivity contribution in [1.29, 1.82) is 0 Å². The third-order valence-corrected chi connectivity index (χ3v) is 6.58. The molecule has 0 unspecified atom stereocenters. The van der Waals surface area contributed by atoms with Crippen LogP contribution < -0.4 is 21.0 Å². The maximum atomic E-state index is 13.0. The van der Waals surface area contributed by atoms with E-state index in [1.165, 1.54) is 16.0 Å². The number of pyridine rings is 1. The van der Waals surface area contributed by atoms with E-state index in [1.54, 1.807) is 30.5 Å². The summed E-state index contributed by atoms with van der Waals surface area (Å²) in [5.41, 5.74) is 3.04. The molecule has 176 valence electrons. The fourth-order valence-corrected chi connectivity index (χ4v) is 4.75. The number of oxazole rings is 1. The van der Waals surface area contributed by atoms with Gasteiger partial charge in [-0.3, -0.25) is 14.2 Å². The minimum absolute atomic E-state index is 0.220. The molecule has 35 heavy (non-hydrogen) atoms. The van der Waals surface area contributed by atoms with Gasteiger partial charge in [0.05, 0.1) is 10.5 Å². The van der Waals surface area contributed by atoms with Crippen LogP contribution in [0.2, 0.25) is 5.02 Å². The molecular weight excluding hydrogens is 468 g/mol. The molecule has 0 radical (unpaired) electrons. The van der Waals surface area contributed by atoms with Crippen molar-refractivity contribution < 1.29 is 9.15 Å². The van der Waals surface area contributed by atoms with Crippen molar-refractivity contribution in [1.82, 2.24) is 14.4 Å². The van der Waals surface area contributed by atoms with Crippen LogP contribution in [0.15, 0.2) is 80.9 Å². The molecule has 4 heterocycles. The zero-order valence-corrected chi connectivity index (χ0v) is 19.5. The minimum atomic E-state index is -0.557. The first-order valence-corrected chi connectivity index (χ1v) is 11.7. The van der Waals surface area contributed by atoms with Gasteiger partial charge in [0.25, 0.3) is 5.56 Å². The van der Waals surface area contributed by atoms with E-state index in [0.717, 1.165) is 13.1 Å². The first-order valence-electron chi connectivity index (χ1n) is 11.3. The molecular formula is C26H21ClN4O4. The Bertz CT molecular complexity index is 1670. The van der Waals surface area contributed by atoms with Crippen molar-refractivity contribution >= 4 is 34.2 Å². The second-order valence-corrected chi connectivity index (χ2v) is 9.12. The Balaban J connectivity index is 1.35. The minimum Gasteiger partial charge on any atom is -0.482 e. The number of rotatable bonds is 5. The number of aromatic nitrogens is 3. The molecule has 1 aliphatic rings. The van der Waals surface area contributed by atoms with Gasteiger partial charge in [0.15, 0.2) is 11.3 Å². The number of ether oxygens (including phenoxy) is 1. The first kappa shape index (κ1) is 21.5. The van der Waals surface area contributed by atoms with Crippen LogP contribution in [-0.2, 0) is 0 Å². The number of hydrogen-bond donors (Lipinski definition) is 1. The lowest BCUT2D eigenvalue weighted by molar-refractivity contribution is 0.227. The number of nitrogens with zero attached hydrogens (tertiary/aromatic N) is 3. The quantitative estimate of drug-likeness (QED) is 0.391. The Morgan fingerprint density at radius 2 is 1.91 bits per heavy atom. The van der Waals surface area contributed by atoms with Crippen LogP contribution in [0.3, 0.4) is 0 Å². The van der Waals surface area contributed by atoms with Crippen molar-refractivity contribution in [3.05, 3.63) is 104 Å². The summed E-state index contributed by atoms with van der Waals surface area (Å²) in [6.45, 7) is 3.41. The lowest BCUT2D eigenvalue weighted by Crippen LogP contribution is -2.46. The zero-order valence-electron chi connectivity index (χ0n) is 18.8. The Kier molecular flexibility index (Phi) is 5.11. The van der Waals surface area contributed by atoms with Gasteiger partial charge in [0.1, 0.15) is 17.6 Å². The van der Waals surface area contributed by atoms with E-state index in [4.69, 9.17) is 25.7 Å². The van der Waals surface area contributed by atoms with Gasteiger partial charge in [-0.2, -0.15) is 0 Å². The summed E-state index contributed by atoms with van der Waals surface area (Å²) in [7, 11) is 0. The summed E-state index contributed by atoms with van der Waals surface area (Å²) < 4.78 is 12.8. The number of nitrogens with one attached hydrogen (secondary N) is 1. The number of halogens is 1. The predicted octanol–water partition coefficient (Wildman–Crippen LogP) is 4.53. The van der Waals surface area contributed by atoms with Gasteiger partial charge in [-0.05, 0) is 30.7 Å². The third-order valence-electron chi connectivity index (χ3n) is 6.37. The molecule has 5 aromatic rings. The van der Waals surface area contributed by atoms with Gasteiger partial charge >= 0.3 is 5.76 Å². The van der Waals surface area contributed by atoms with Crippen LogP contribution in [0.25, 0.3) is 16.7 Å². The van der Waals surface area contributed by atoms with Crippen LogP contribution in [-0.4, -0.2) is 27.5 Å². The van der Waals surface area contributed by atoms with Gasteiger partial charge in [-0.1, -0.05) is 48.0 Å². The summed E-state index contributed by atoms with van der Waals surface area (Å²) >= 11 is 6.35. The summed E-state index contributed by atoms with van der Waals surface area (Å²) in [5.74, 6) is 0.869. The Hall–Kier alpha value is -4.04. The van der Waals surface area contributed by atoms with E-state index >= 15 is 0 Å². The zero-order chi connectivity index (χ0) is 24.1. The van der Waals surface area contributed by atoms with E-state index in [0.29, 0.717) is 44.8 Å². The van der Waals surface area contributed by atoms with Gasteiger partial charge in [-0.15, -0.1) is 0 Å². The number of para-hydroxylation sites is 1. The molecule has 1 saturated heterocycles. The second-order valence-electron chi connectivity index (χ2n) is 8.68. The van der Waals surface area contributed by atoms with Gasteiger partial charge in [0.2, 0.25) is 0 Å². The van der Waals surface area contributed by atoms with Crippen molar-refractivity contribution in [2.75, 3.05) is 18.0 Å². The van der Waals surface area contributed by atoms with Crippen LogP contribution >= 0.6 is 11.6 Å². The Labute approximate surface area is 204 Å². The summed E-state index contributed by atoms with van der Waals surface area (Å²) in [4.78, 5) is 34.2. The second kappa shape index (κ2) is 8.32. The molecule has 6 rings (SSSR count). The molecule has 8 nitrogen and oxygen atoms in total. The SMILES string of the molecule is C[C@@H](Oc1cccc2[nH]c(=O)oc12)c1cc(Cl)cn2c(=O)cc(N3CC(c4ccccc4)C3)nc12. The van der Waals surface area contributed by atoms with E-state index < -0.39 is 11.9 Å². The molecule has 9 heteroatoms. The average Bonchev–Trinajstić information content (AvgIpc) is 3.20. The van der Waals surface area contributed by atoms with Crippen molar-refractivity contribution in [2.24, 2.45) is 0 Å². The molecule has 2 aromatic carbocycles. The van der Waals surface area contributed by atoms with Crippen LogP contribution in [0, 0.1) is 0 Å². The third kappa shape index (κ3) is 3.85. The standard InChI is InChI=1S/C26H21ClN4O4/c1-15(34-21-9-5-8-20-24(21)35-26(33)28-20)19-10-18(27)14-31-23(32)11-22(29-25(19)31)30-12-17(13-30)16-6-3-2-4-7-16/h2-11,14-15,17H,12-13H2,1H3,(H,28,33)/t15-/m1/s1. The average molecular weight is 489 g/mol. The predicted molar refractivity (Wildman–Crippen MR) is 134 cm³/mol. The fraction of sp³-hybridized carbons (Fsp3) is 0.192. The molecule has 1 aliphatic heterocycles. The number of anilines is 1. The van der Waals surface area contributed by atoms with Crippen molar-refractivity contribution in [2.45, 2.75) is 18.9 Å². The largest absolute Gasteiger partial charge is 0.482 e. The fourth-order valence-electron chi connectivity index (χ4n) is 4.54. The molecule has 1 fully saturated rings. The first-order chi connectivity index (χ1) is 17.0. The van der Waals surface area contributed by atoms with Crippen LogP contribution in [0.4, 0.5) is 5.82 Å². The summed E-state index contributed by atoms with van der Waals surface area (Å²) in [6, 6.07) is 18.8. The Morgan fingerprint density at radius 3 is 2.71 bits per heavy atom. The maximum Gasteiger partial charge on any atom is 0.417 e. The number of benzene rings is 2. The molecule has 1 atom stereocenters. The van der Waals surface area contributed by atoms with Gasteiger partial charge in [-0.25, -0.2) is 9.78 Å². The lowest BCUT2D eigenvalue weighted by atomic mass is 9.91. The van der Waals surface area contributed by atoms with E-state index in [-0.39, 0.29) is 5.56 Å². The smallest absolute Gasteiger partial charge is 0.417 e. The highest BCUT2D eigenvalue weighted by molar-refractivity contribution is 6.30. The number of hydrogen-bond acceptors (Lipinski definition) is 6. The molecule has 1 N–H and O–H groups in total. The normalized spacial score (nSPS) is 14.9. The molecule has 0 amide bonds. The van der Waals surface area contributed by atoms with Crippen molar-refractivity contribution in [3.63, 3.8) is 0 Å².